The van der Waals surface area contributed by atoms with Crippen molar-refractivity contribution in [2.24, 2.45) is 0 Å². The Bertz CT molecular complexity index is 2380. The number of fused-ring (bicyclic) bond motifs is 1. The smallest absolute Gasteiger partial charge is 0.236 e. The fraction of sp³-hybridized carbons (Fsp3) is 0.450. The number of nitrogens with one attached hydrogen (secondary N) is 2. The van der Waals surface area contributed by atoms with Crippen molar-refractivity contribution < 1.29 is 14.7 Å². The lowest BCUT2D eigenvalue weighted by molar-refractivity contribution is -0.137. The van der Waals surface area contributed by atoms with Crippen LogP contribution in [0.25, 0.3) is 22.5 Å². The zero-order chi connectivity index (χ0) is 39.7. The number of nitriles is 2. The van der Waals surface area contributed by atoms with Crippen molar-refractivity contribution in [3.8, 4) is 23.6 Å². The number of carbonyl (C=O) groups excluding carboxylic acids is 2. The minimum atomic E-state index is -0.760. The minimum absolute atomic E-state index is 0.153. The van der Waals surface area contributed by atoms with Crippen LogP contribution in [0, 0.1) is 22.7 Å². The molecule has 1 saturated carbocycles. The predicted molar refractivity (Wildman–Crippen MR) is 208 cm³/mol. The third-order valence-electron chi connectivity index (χ3n) is 11.9. The van der Waals surface area contributed by atoms with Gasteiger partial charge in [-0.2, -0.15) is 20.3 Å². The van der Waals surface area contributed by atoms with Gasteiger partial charge in [-0.3, -0.25) is 19.8 Å². The van der Waals surface area contributed by atoms with Gasteiger partial charge in [-0.05, 0) is 70.1 Å². The van der Waals surface area contributed by atoms with Gasteiger partial charge in [0.15, 0.2) is 11.5 Å². The van der Waals surface area contributed by atoms with E-state index in [0.717, 1.165) is 62.6 Å². The van der Waals surface area contributed by atoms with Gasteiger partial charge in [0.1, 0.15) is 23.6 Å². The van der Waals surface area contributed by atoms with Crippen LogP contribution >= 0.6 is 0 Å². The molecule has 5 aromatic heterocycles. The van der Waals surface area contributed by atoms with Crippen LogP contribution in [0.4, 0.5) is 11.5 Å². The second-order valence-corrected chi connectivity index (χ2v) is 15.6. The molecule has 2 amide bonds. The molecular weight excluding hydrogens is 725 g/mol. The molecule has 3 N–H and O–H groups in total. The van der Waals surface area contributed by atoms with Crippen LogP contribution in [-0.2, 0) is 15.0 Å². The number of piperidine rings is 1. The number of imide groups is 1. The molecule has 0 bridgehead atoms. The number of hydrogen-bond acceptors (Lipinski definition) is 14. The normalized spacial score (nSPS) is 23.5. The van der Waals surface area contributed by atoms with Crippen LogP contribution in [0.3, 0.4) is 0 Å². The highest BCUT2D eigenvalue weighted by Gasteiger charge is 2.40. The SMILES string of the molecule is C[C@H](C#N)Nc1cc(-n2ncc3cc(C#N)cnc32)ncc1-n1cc(C2CCC(O)(CCN3CCN(c4ccc([C@@]5(C)CCC(=O)NC5=O)cn4)CC3)CC2)nn1. The Morgan fingerprint density at radius 3 is 2.51 bits per heavy atom. The van der Waals surface area contributed by atoms with Crippen LogP contribution in [0.2, 0.25) is 0 Å². The molecule has 17 nitrogen and oxygen atoms in total. The number of amides is 2. The van der Waals surface area contributed by atoms with E-state index in [1.165, 1.54) is 6.20 Å². The molecule has 3 fully saturated rings. The quantitative estimate of drug-likeness (QED) is 0.174. The van der Waals surface area contributed by atoms with E-state index in [1.807, 2.05) is 25.3 Å². The van der Waals surface area contributed by atoms with Crippen molar-refractivity contribution in [2.75, 3.05) is 42.9 Å². The second kappa shape index (κ2) is 15.3. The number of nitrogens with zero attached hydrogens (tertiary/aromatic N) is 12. The number of aromatic nitrogens is 8. The van der Waals surface area contributed by atoms with Gasteiger partial charge in [0.05, 0.1) is 52.6 Å². The second-order valence-electron chi connectivity index (χ2n) is 15.6. The van der Waals surface area contributed by atoms with Gasteiger partial charge < -0.3 is 15.3 Å². The number of pyridine rings is 3. The highest BCUT2D eigenvalue weighted by molar-refractivity contribution is 6.03. The van der Waals surface area contributed by atoms with E-state index in [2.05, 4.69) is 62.9 Å². The first-order chi connectivity index (χ1) is 27.5. The Labute approximate surface area is 329 Å². The van der Waals surface area contributed by atoms with Crippen LogP contribution in [0.1, 0.15) is 81.5 Å². The third kappa shape index (κ3) is 7.64. The Balaban J connectivity index is 0.854. The molecule has 2 atom stereocenters. The number of carbonyl (C=O) groups is 2. The molecule has 0 unspecified atom stereocenters. The summed E-state index contributed by atoms with van der Waals surface area (Å²) in [5.74, 6) is 1.01. The summed E-state index contributed by atoms with van der Waals surface area (Å²) >= 11 is 0. The molecular formula is C40H44N14O3. The lowest BCUT2D eigenvalue weighted by atomic mass is 9.76. The highest BCUT2D eigenvalue weighted by Crippen LogP contribution is 2.39. The van der Waals surface area contributed by atoms with E-state index in [1.54, 1.807) is 47.0 Å². The first-order valence-corrected chi connectivity index (χ1v) is 19.4. The van der Waals surface area contributed by atoms with Crippen LogP contribution in [0.15, 0.2) is 55.2 Å². The Hall–Kier alpha value is -6.30. The minimum Gasteiger partial charge on any atom is -0.390 e. The topological polar surface area (TPSA) is 220 Å². The van der Waals surface area contributed by atoms with Crippen LogP contribution < -0.4 is 15.5 Å². The average Bonchev–Trinajstić information content (AvgIpc) is 3.90. The van der Waals surface area contributed by atoms with Gasteiger partial charge >= 0.3 is 0 Å². The number of piperazine rings is 1. The van der Waals surface area contributed by atoms with Gasteiger partial charge in [-0.15, -0.1) is 5.10 Å². The lowest BCUT2D eigenvalue weighted by Gasteiger charge is -2.39. The molecule has 0 radical (unpaired) electrons. The number of rotatable bonds is 10. The van der Waals surface area contributed by atoms with Crippen LogP contribution in [-0.4, -0.2) is 106 Å². The summed E-state index contributed by atoms with van der Waals surface area (Å²) in [5, 5.41) is 50.3. The van der Waals surface area contributed by atoms with Gasteiger partial charge in [0.2, 0.25) is 11.8 Å². The van der Waals surface area contributed by atoms with Gasteiger partial charge in [-0.25, -0.2) is 19.6 Å². The zero-order valence-electron chi connectivity index (χ0n) is 32.0. The third-order valence-corrected chi connectivity index (χ3v) is 11.9. The maximum atomic E-state index is 12.6. The molecule has 0 aromatic carbocycles. The maximum absolute atomic E-state index is 12.6. The van der Waals surface area contributed by atoms with Gasteiger partial charge in [-0.1, -0.05) is 11.3 Å². The van der Waals surface area contributed by atoms with E-state index in [9.17, 15) is 25.2 Å². The number of anilines is 2. The van der Waals surface area contributed by atoms with Crippen LogP contribution in [0.5, 0.6) is 0 Å². The predicted octanol–water partition coefficient (Wildman–Crippen LogP) is 3.28. The molecule has 7 heterocycles. The lowest BCUT2D eigenvalue weighted by Crippen LogP contribution is -2.50. The number of aliphatic hydroxyl groups is 1. The Morgan fingerprint density at radius 2 is 1.79 bits per heavy atom. The summed E-state index contributed by atoms with van der Waals surface area (Å²) in [4.78, 5) is 42.6. The van der Waals surface area contributed by atoms with Crippen molar-refractivity contribution in [3.63, 3.8) is 0 Å². The largest absolute Gasteiger partial charge is 0.390 e. The molecule has 292 valence electrons. The summed E-state index contributed by atoms with van der Waals surface area (Å²) in [7, 11) is 0. The summed E-state index contributed by atoms with van der Waals surface area (Å²) in [5.41, 5.74) is 2.40. The first-order valence-electron chi connectivity index (χ1n) is 19.4. The van der Waals surface area contributed by atoms with Crippen molar-refractivity contribution in [2.45, 2.75) is 81.8 Å². The molecule has 2 saturated heterocycles. The van der Waals surface area contributed by atoms with Gasteiger partial charge in [0, 0.05) is 68.9 Å². The molecule has 5 aromatic rings. The monoisotopic (exact) mass is 768 g/mol. The van der Waals surface area contributed by atoms with Crippen molar-refractivity contribution in [1.29, 1.82) is 10.5 Å². The van der Waals surface area contributed by atoms with E-state index >= 15 is 0 Å². The molecule has 57 heavy (non-hydrogen) atoms. The first kappa shape index (κ1) is 37.6. The van der Waals surface area contributed by atoms with E-state index < -0.39 is 17.1 Å². The summed E-state index contributed by atoms with van der Waals surface area (Å²) in [6.07, 6.45) is 12.9. The molecule has 3 aliphatic rings. The molecule has 1 aliphatic carbocycles. The van der Waals surface area contributed by atoms with E-state index in [0.29, 0.717) is 65.9 Å². The fourth-order valence-electron chi connectivity index (χ4n) is 8.09. The highest BCUT2D eigenvalue weighted by atomic mass is 16.3. The van der Waals surface area contributed by atoms with E-state index in [-0.39, 0.29) is 17.7 Å². The maximum Gasteiger partial charge on any atom is 0.236 e. The van der Waals surface area contributed by atoms with E-state index in [4.69, 9.17) is 0 Å². The zero-order valence-corrected chi connectivity index (χ0v) is 32.0. The Morgan fingerprint density at radius 1 is 1.00 bits per heavy atom. The summed E-state index contributed by atoms with van der Waals surface area (Å²) < 4.78 is 3.25. The molecule has 8 rings (SSSR count). The van der Waals surface area contributed by atoms with Crippen molar-refractivity contribution in [1.82, 2.24) is 49.9 Å². The van der Waals surface area contributed by atoms with Gasteiger partial charge in [0.25, 0.3) is 0 Å². The fourth-order valence-corrected chi connectivity index (χ4v) is 8.09. The number of hydrogen-bond donors (Lipinski definition) is 3. The standard InChI is InChI=1S/C40H44N14O3/c1-26(19-41)47-31-18-35(54-37-29(22-46-54)17-27(20-42)21-45-37)44-24-33(31)53-25-32(49-50-53)28-5-9-40(57,10-6-28)11-12-51-13-15-52(16-14-51)34-4-3-30(23-43-34)39(2)8-7-36(55)48-38(39)56/h3-4,17-18,21-26,28,57H,5-16H2,1-2H3,(H,44,47)(H,48,55,56)/t26-,28?,39-,40?/m1/s1. The molecule has 0 spiro atoms. The average molecular weight is 769 g/mol. The molecule has 17 heteroatoms. The van der Waals surface area contributed by atoms with Crippen molar-refractivity contribution >= 4 is 34.4 Å². The summed E-state index contributed by atoms with van der Waals surface area (Å²) in [6, 6.07) is 11.2. The van der Waals surface area contributed by atoms with Crippen molar-refractivity contribution in [3.05, 3.63) is 72.1 Å². The molecule has 2 aliphatic heterocycles. The Kier molecular flexibility index (Phi) is 10.1. The summed E-state index contributed by atoms with van der Waals surface area (Å²) in [6.45, 7) is 7.81.